The summed E-state index contributed by atoms with van der Waals surface area (Å²) < 4.78 is 5.20. The van der Waals surface area contributed by atoms with Gasteiger partial charge in [-0.25, -0.2) is 0 Å². The van der Waals surface area contributed by atoms with Crippen molar-refractivity contribution in [3.63, 3.8) is 0 Å². The van der Waals surface area contributed by atoms with Gasteiger partial charge in [-0.3, -0.25) is 9.59 Å². The number of likely N-dealkylation sites (tertiary alicyclic amines) is 1. The van der Waals surface area contributed by atoms with Crippen molar-refractivity contribution in [1.82, 2.24) is 4.90 Å². The Balaban J connectivity index is 2.15. The summed E-state index contributed by atoms with van der Waals surface area (Å²) in [4.78, 5) is 27.1. The predicted molar refractivity (Wildman–Crippen MR) is 108 cm³/mol. The number of methoxy groups -OCH3 is 1. The zero-order valence-electron chi connectivity index (χ0n) is 15.8. The van der Waals surface area contributed by atoms with Gasteiger partial charge < -0.3 is 14.7 Å². The van der Waals surface area contributed by atoms with Crippen molar-refractivity contribution in [2.24, 2.45) is 0 Å². The van der Waals surface area contributed by atoms with E-state index in [9.17, 15) is 14.7 Å². The van der Waals surface area contributed by atoms with Crippen LogP contribution in [0.15, 0.2) is 54.1 Å². The molecule has 1 amide bonds. The molecule has 28 heavy (non-hydrogen) atoms. The van der Waals surface area contributed by atoms with E-state index in [0.717, 1.165) is 18.4 Å². The van der Waals surface area contributed by atoms with Crippen LogP contribution in [-0.2, 0) is 9.59 Å². The first-order chi connectivity index (χ1) is 13.5. The monoisotopic (exact) mass is 399 g/mol. The maximum Gasteiger partial charge on any atom is 0.295 e. The maximum atomic E-state index is 12.8. The number of ether oxygens (including phenoxy) is 1. The fourth-order valence-electron chi connectivity index (χ4n) is 3.36. The molecule has 2 aromatic carbocycles. The van der Waals surface area contributed by atoms with E-state index < -0.39 is 17.7 Å². The van der Waals surface area contributed by atoms with Gasteiger partial charge in [0.05, 0.1) is 18.7 Å². The lowest BCUT2D eigenvalue weighted by molar-refractivity contribution is -0.139. The van der Waals surface area contributed by atoms with Gasteiger partial charge in [-0.15, -0.1) is 0 Å². The number of hydrogen-bond donors (Lipinski definition) is 1. The largest absolute Gasteiger partial charge is 0.507 e. The Morgan fingerprint density at radius 2 is 1.89 bits per heavy atom. The average Bonchev–Trinajstić information content (AvgIpc) is 2.97. The minimum Gasteiger partial charge on any atom is -0.507 e. The van der Waals surface area contributed by atoms with Crippen LogP contribution >= 0.6 is 11.6 Å². The summed E-state index contributed by atoms with van der Waals surface area (Å²) in [5.41, 5.74) is 1.23. The van der Waals surface area contributed by atoms with E-state index >= 15 is 0 Å². The molecule has 1 aliphatic rings. The van der Waals surface area contributed by atoms with Gasteiger partial charge in [0.15, 0.2) is 0 Å². The minimum atomic E-state index is -0.684. The third kappa shape index (κ3) is 3.76. The molecule has 1 N–H and O–H groups in total. The molecular formula is C22H22ClNO4. The molecule has 0 saturated carbocycles. The molecule has 0 aromatic heterocycles. The lowest BCUT2D eigenvalue weighted by Crippen LogP contribution is -2.30. The lowest BCUT2D eigenvalue weighted by atomic mass is 9.95. The van der Waals surface area contributed by atoms with Crippen LogP contribution in [0.25, 0.3) is 5.76 Å². The van der Waals surface area contributed by atoms with Gasteiger partial charge in [-0.05, 0) is 36.2 Å². The van der Waals surface area contributed by atoms with Crippen LogP contribution in [0.2, 0.25) is 5.02 Å². The third-order valence-corrected chi connectivity index (χ3v) is 5.07. The number of hydrogen-bond acceptors (Lipinski definition) is 4. The van der Waals surface area contributed by atoms with Gasteiger partial charge in [-0.1, -0.05) is 49.2 Å². The molecule has 1 atom stereocenters. The third-order valence-electron chi connectivity index (χ3n) is 4.82. The summed E-state index contributed by atoms with van der Waals surface area (Å²) in [5.74, 6) is -0.947. The average molecular weight is 400 g/mol. The molecule has 0 radical (unpaired) electrons. The van der Waals surface area contributed by atoms with Crippen molar-refractivity contribution < 1.29 is 19.4 Å². The van der Waals surface area contributed by atoms with Crippen molar-refractivity contribution in [1.29, 1.82) is 0 Å². The molecule has 1 heterocycles. The number of carbonyl (C=O) groups excluding carboxylic acids is 2. The highest BCUT2D eigenvalue weighted by atomic mass is 35.5. The molecule has 5 nitrogen and oxygen atoms in total. The van der Waals surface area contributed by atoms with Crippen LogP contribution in [0.5, 0.6) is 5.75 Å². The van der Waals surface area contributed by atoms with Gasteiger partial charge in [0, 0.05) is 17.1 Å². The smallest absolute Gasteiger partial charge is 0.295 e. The molecule has 6 heteroatoms. The number of unbranched alkanes of at least 4 members (excludes halogenated alkanes) is 1. The topological polar surface area (TPSA) is 66.8 Å². The van der Waals surface area contributed by atoms with E-state index in [1.807, 2.05) is 6.92 Å². The molecule has 0 spiro atoms. The first-order valence-electron chi connectivity index (χ1n) is 9.16. The fourth-order valence-corrected chi connectivity index (χ4v) is 3.48. The number of rotatable bonds is 6. The zero-order valence-corrected chi connectivity index (χ0v) is 16.6. The van der Waals surface area contributed by atoms with Gasteiger partial charge in [0.1, 0.15) is 11.5 Å². The molecule has 1 saturated heterocycles. The number of nitrogens with zero attached hydrogens (tertiary/aromatic N) is 1. The van der Waals surface area contributed by atoms with Crippen LogP contribution in [0, 0.1) is 0 Å². The van der Waals surface area contributed by atoms with Gasteiger partial charge in [0.25, 0.3) is 11.7 Å². The molecule has 1 fully saturated rings. The van der Waals surface area contributed by atoms with Crippen LogP contribution in [-0.4, -0.2) is 35.4 Å². The van der Waals surface area contributed by atoms with Crippen molar-refractivity contribution in [2.45, 2.75) is 25.8 Å². The summed E-state index contributed by atoms with van der Waals surface area (Å²) in [6.45, 7) is 2.45. The van der Waals surface area contributed by atoms with Crippen molar-refractivity contribution in [2.75, 3.05) is 13.7 Å². The van der Waals surface area contributed by atoms with Crippen LogP contribution in [0.4, 0.5) is 0 Å². The quantitative estimate of drug-likeness (QED) is 0.439. The second-order valence-corrected chi connectivity index (χ2v) is 7.07. The summed E-state index contributed by atoms with van der Waals surface area (Å²) in [6.07, 6.45) is 1.64. The molecule has 3 rings (SSSR count). The second-order valence-electron chi connectivity index (χ2n) is 6.63. The Morgan fingerprint density at radius 1 is 1.18 bits per heavy atom. The molecular weight excluding hydrogens is 378 g/mol. The van der Waals surface area contributed by atoms with E-state index in [1.54, 1.807) is 48.5 Å². The highest BCUT2D eigenvalue weighted by Gasteiger charge is 2.45. The Morgan fingerprint density at radius 3 is 2.54 bits per heavy atom. The zero-order chi connectivity index (χ0) is 20.3. The Labute approximate surface area is 169 Å². The van der Waals surface area contributed by atoms with Crippen LogP contribution in [0.3, 0.4) is 0 Å². The number of halogens is 1. The minimum absolute atomic E-state index is 0.0803. The molecule has 1 aliphatic heterocycles. The number of benzene rings is 2. The Hall–Kier alpha value is -2.79. The summed E-state index contributed by atoms with van der Waals surface area (Å²) in [6, 6.07) is 13.1. The molecule has 0 bridgehead atoms. The number of aliphatic hydroxyl groups excluding tert-OH is 1. The first kappa shape index (κ1) is 20.0. The van der Waals surface area contributed by atoms with E-state index in [4.69, 9.17) is 16.3 Å². The van der Waals surface area contributed by atoms with E-state index in [-0.39, 0.29) is 11.3 Å². The van der Waals surface area contributed by atoms with E-state index in [0.29, 0.717) is 22.9 Å². The number of Topliss-reactive ketones (excluding diaryl/α,β-unsaturated/α-hetero) is 1. The first-order valence-corrected chi connectivity index (χ1v) is 9.54. The summed E-state index contributed by atoms with van der Waals surface area (Å²) in [7, 11) is 1.52. The number of aliphatic hydroxyl groups is 1. The van der Waals surface area contributed by atoms with Crippen molar-refractivity contribution >= 4 is 29.1 Å². The Kier molecular flexibility index (Phi) is 6.05. The Bertz CT molecular complexity index is 920. The number of amides is 1. The maximum absolute atomic E-state index is 12.8. The molecule has 0 aliphatic carbocycles. The predicted octanol–water partition coefficient (Wildman–Crippen LogP) is 4.57. The molecule has 1 unspecified atom stereocenters. The fraction of sp³-hybridized carbons (Fsp3) is 0.273. The van der Waals surface area contributed by atoms with E-state index in [1.165, 1.54) is 12.0 Å². The second kappa shape index (κ2) is 8.48. The van der Waals surface area contributed by atoms with Crippen LogP contribution in [0.1, 0.15) is 36.9 Å². The number of carbonyl (C=O) groups is 2. The van der Waals surface area contributed by atoms with Gasteiger partial charge in [-0.2, -0.15) is 0 Å². The van der Waals surface area contributed by atoms with Gasteiger partial charge >= 0.3 is 0 Å². The normalized spacial score (nSPS) is 18.5. The van der Waals surface area contributed by atoms with Crippen molar-refractivity contribution in [3.8, 4) is 5.75 Å². The molecule has 146 valence electrons. The van der Waals surface area contributed by atoms with Crippen LogP contribution < -0.4 is 4.74 Å². The van der Waals surface area contributed by atoms with E-state index in [2.05, 4.69) is 0 Å². The molecule has 2 aromatic rings. The highest BCUT2D eigenvalue weighted by molar-refractivity contribution is 6.46. The highest BCUT2D eigenvalue weighted by Crippen LogP contribution is 2.40. The summed E-state index contributed by atoms with van der Waals surface area (Å²) in [5, 5.41) is 11.5. The van der Waals surface area contributed by atoms with Crippen molar-refractivity contribution in [3.05, 3.63) is 70.3 Å². The standard InChI is InChI=1S/C22H22ClNO4/c1-3-4-12-24-19(14-8-10-16(23)11-9-14)18(21(26)22(24)27)20(25)15-6-5-7-17(13-15)28-2/h5-11,13,19,25H,3-4,12H2,1-2H3/b20-18-. The van der Waals surface area contributed by atoms with Gasteiger partial charge in [0.2, 0.25) is 0 Å². The SMILES string of the molecule is CCCCN1C(=O)C(=O)/C(=C(\O)c2cccc(OC)c2)C1c1ccc(Cl)cc1. The lowest BCUT2D eigenvalue weighted by Gasteiger charge is -2.25. The number of ketones is 1. The summed E-state index contributed by atoms with van der Waals surface area (Å²) >= 11 is 6.00.